The highest BCUT2D eigenvalue weighted by Gasteiger charge is 2.46. The molecule has 1 fully saturated rings. The van der Waals surface area contributed by atoms with Crippen LogP contribution in [0.3, 0.4) is 0 Å². The molecule has 0 aliphatic carbocycles. The third kappa shape index (κ3) is 4.78. The molecule has 1 aliphatic rings. The van der Waals surface area contributed by atoms with Gasteiger partial charge in [0.25, 0.3) is 11.7 Å². The third-order valence-electron chi connectivity index (χ3n) is 5.24. The summed E-state index contributed by atoms with van der Waals surface area (Å²) in [5, 5.41) is 11.2. The molecule has 7 heteroatoms. The maximum atomic E-state index is 13.1. The zero-order valence-corrected chi connectivity index (χ0v) is 19.2. The Balaban J connectivity index is 2.18. The number of amides is 1. The van der Waals surface area contributed by atoms with Gasteiger partial charge in [-0.15, -0.1) is 0 Å². The molecule has 0 bridgehead atoms. The highest BCUT2D eigenvalue weighted by atomic mass is 16.5. The lowest BCUT2D eigenvalue weighted by molar-refractivity contribution is -0.140. The Kier molecular flexibility index (Phi) is 7.20. The molecule has 1 N–H and O–H groups in total. The largest absolute Gasteiger partial charge is 0.507 e. The summed E-state index contributed by atoms with van der Waals surface area (Å²) in [4.78, 5) is 29.6. The highest BCUT2D eigenvalue weighted by Crippen LogP contribution is 2.41. The van der Waals surface area contributed by atoms with Crippen LogP contribution in [-0.4, -0.2) is 67.0 Å². The number of rotatable bonds is 8. The molecule has 0 aromatic heterocycles. The van der Waals surface area contributed by atoms with Crippen molar-refractivity contribution < 1.29 is 24.2 Å². The monoisotopic (exact) mass is 438 g/mol. The minimum atomic E-state index is -0.740. The van der Waals surface area contributed by atoms with Gasteiger partial charge in [0.1, 0.15) is 17.3 Å². The van der Waals surface area contributed by atoms with Crippen LogP contribution in [0.1, 0.15) is 31.0 Å². The number of carbonyl (C=O) groups excluding carboxylic acids is 2. The summed E-state index contributed by atoms with van der Waals surface area (Å²) in [6.07, 6.45) is -0.0288. The SMILES string of the molecule is COc1ccccc1/C(O)=C1/C(=O)C(=O)N(CCN(C)C)C1c1cccc(OC(C)C)c1. The van der Waals surface area contributed by atoms with Gasteiger partial charge < -0.3 is 24.4 Å². The molecular formula is C25H30N2O5. The van der Waals surface area contributed by atoms with Crippen molar-refractivity contribution in [2.45, 2.75) is 26.0 Å². The lowest BCUT2D eigenvalue weighted by atomic mass is 9.95. The number of ether oxygens (including phenoxy) is 2. The number of Topliss-reactive ketones (excluding diaryl/α,β-unsaturated/α-hetero) is 1. The van der Waals surface area contributed by atoms with Crippen LogP contribution in [0.5, 0.6) is 11.5 Å². The Morgan fingerprint density at radius 3 is 2.50 bits per heavy atom. The van der Waals surface area contributed by atoms with Gasteiger partial charge in [0.05, 0.1) is 30.4 Å². The maximum Gasteiger partial charge on any atom is 0.295 e. The highest BCUT2D eigenvalue weighted by molar-refractivity contribution is 6.46. The quantitative estimate of drug-likeness (QED) is 0.386. The molecule has 1 saturated heterocycles. The second-order valence-electron chi connectivity index (χ2n) is 8.24. The van der Waals surface area contributed by atoms with Crippen molar-refractivity contribution in [3.8, 4) is 11.5 Å². The number of benzene rings is 2. The van der Waals surface area contributed by atoms with E-state index in [-0.39, 0.29) is 17.4 Å². The van der Waals surface area contributed by atoms with Crippen LogP contribution >= 0.6 is 0 Å². The van der Waals surface area contributed by atoms with Gasteiger partial charge in [-0.2, -0.15) is 0 Å². The van der Waals surface area contributed by atoms with E-state index >= 15 is 0 Å². The number of methoxy groups -OCH3 is 1. The van der Waals surface area contributed by atoms with Crippen LogP contribution < -0.4 is 9.47 Å². The van der Waals surface area contributed by atoms with Crippen molar-refractivity contribution in [1.29, 1.82) is 0 Å². The Morgan fingerprint density at radius 2 is 1.84 bits per heavy atom. The average Bonchev–Trinajstić information content (AvgIpc) is 3.01. The van der Waals surface area contributed by atoms with Gasteiger partial charge in [-0.25, -0.2) is 0 Å². The molecule has 1 aliphatic heterocycles. The summed E-state index contributed by atoms with van der Waals surface area (Å²) in [7, 11) is 5.29. The van der Waals surface area contributed by atoms with Crippen LogP contribution in [0, 0.1) is 0 Å². The molecule has 1 amide bonds. The van der Waals surface area contributed by atoms with E-state index in [0.717, 1.165) is 0 Å². The van der Waals surface area contributed by atoms with E-state index in [0.29, 0.717) is 35.7 Å². The first-order valence-electron chi connectivity index (χ1n) is 10.6. The molecule has 0 radical (unpaired) electrons. The Hall–Kier alpha value is -3.32. The molecule has 1 heterocycles. The lowest BCUT2D eigenvalue weighted by Gasteiger charge is -2.27. The van der Waals surface area contributed by atoms with Crippen LogP contribution in [0.25, 0.3) is 5.76 Å². The summed E-state index contributed by atoms with van der Waals surface area (Å²) in [5.41, 5.74) is 1.10. The van der Waals surface area contributed by atoms with E-state index in [1.54, 1.807) is 24.3 Å². The first kappa shape index (κ1) is 23.3. The maximum absolute atomic E-state index is 13.1. The third-order valence-corrected chi connectivity index (χ3v) is 5.24. The minimum Gasteiger partial charge on any atom is -0.507 e. The van der Waals surface area contributed by atoms with Crippen LogP contribution in [0.4, 0.5) is 0 Å². The first-order chi connectivity index (χ1) is 15.2. The van der Waals surface area contributed by atoms with E-state index in [4.69, 9.17) is 9.47 Å². The summed E-state index contributed by atoms with van der Waals surface area (Å²) < 4.78 is 11.2. The van der Waals surface area contributed by atoms with Crippen molar-refractivity contribution in [3.63, 3.8) is 0 Å². The molecule has 0 spiro atoms. The molecule has 3 rings (SSSR count). The number of nitrogens with zero attached hydrogens (tertiary/aromatic N) is 2. The summed E-state index contributed by atoms with van der Waals surface area (Å²) >= 11 is 0. The molecule has 1 atom stereocenters. The smallest absolute Gasteiger partial charge is 0.295 e. The van der Waals surface area contributed by atoms with Crippen LogP contribution in [0.2, 0.25) is 0 Å². The Morgan fingerprint density at radius 1 is 1.12 bits per heavy atom. The fourth-order valence-electron chi connectivity index (χ4n) is 3.78. The van der Waals surface area contributed by atoms with Gasteiger partial charge in [0.2, 0.25) is 0 Å². The van der Waals surface area contributed by atoms with Gasteiger partial charge >= 0.3 is 0 Å². The number of likely N-dealkylation sites (N-methyl/N-ethyl adjacent to an activating group) is 1. The normalized spacial score (nSPS) is 18.0. The molecule has 1 unspecified atom stereocenters. The predicted octanol–water partition coefficient (Wildman–Crippen LogP) is 3.47. The zero-order valence-electron chi connectivity index (χ0n) is 19.2. The van der Waals surface area contributed by atoms with Gasteiger partial charge in [-0.05, 0) is 57.8 Å². The van der Waals surface area contributed by atoms with Crippen molar-refractivity contribution in [2.75, 3.05) is 34.3 Å². The topological polar surface area (TPSA) is 79.3 Å². The molecule has 7 nitrogen and oxygen atoms in total. The van der Waals surface area contributed by atoms with Crippen LogP contribution in [0.15, 0.2) is 54.1 Å². The molecule has 32 heavy (non-hydrogen) atoms. The zero-order chi connectivity index (χ0) is 23.4. The number of ketones is 1. The van der Waals surface area contributed by atoms with E-state index in [1.165, 1.54) is 12.0 Å². The predicted molar refractivity (Wildman–Crippen MR) is 123 cm³/mol. The Labute approximate surface area is 188 Å². The fraction of sp³-hybridized carbons (Fsp3) is 0.360. The Bertz CT molecular complexity index is 1030. The molecule has 2 aromatic rings. The van der Waals surface area contributed by atoms with Crippen LogP contribution in [-0.2, 0) is 9.59 Å². The molecule has 2 aromatic carbocycles. The summed E-state index contributed by atoms with van der Waals surface area (Å²) in [6, 6.07) is 13.4. The van der Waals surface area contributed by atoms with Crippen molar-refractivity contribution in [3.05, 3.63) is 65.2 Å². The molecule has 170 valence electrons. The lowest BCUT2D eigenvalue weighted by Crippen LogP contribution is -2.35. The number of aliphatic hydroxyl groups is 1. The summed E-state index contributed by atoms with van der Waals surface area (Å²) in [6.45, 7) is 4.76. The van der Waals surface area contributed by atoms with Crippen molar-refractivity contribution in [1.82, 2.24) is 9.80 Å². The van der Waals surface area contributed by atoms with Crippen molar-refractivity contribution in [2.24, 2.45) is 0 Å². The second kappa shape index (κ2) is 9.87. The van der Waals surface area contributed by atoms with E-state index in [2.05, 4.69) is 0 Å². The standard InChI is InChI=1S/C25H30N2O5/c1-16(2)32-18-10-8-9-17(15-18)22-21(23(28)19-11-6-7-12-20(19)31-5)24(29)25(30)27(22)14-13-26(3)4/h6-12,15-16,22,28H,13-14H2,1-5H3/b23-21-. The fourth-order valence-corrected chi connectivity index (χ4v) is 3.78. The summed E-state index contributed by atoms with van der Waals surface area (Å²) in [5.74, 6) is -0.558. The van der Waals surface area contributed by atoms with E-state index in [1.807, 2.05) is 57.1 Å². The number of likely N-dealkylation sites (tertiary alicyclic amines) is 1. The number of hydrogen-bond acceptors (Lipinski definition) is 6. The van der Waals surface area contributed by atoms with Gasteiger partial charge in [0, 0.05) is 13.1 Å². The minimum absolute atomic E-state index is 0.0288. The average molecular weight is 439 g/mol. The second-order valence-corrected chi connectivity index (χ2v) is 8.24. The number of hydrogen-bond donors (Lipinski definition) is 1. The number of carbonyl (C=O) groups is 2. The molecule has 0 saturated carbocycles. The van der Waals surface area contributed by atoms with E-state index in [9.17, 15) is 14.7 Å². The van der Waals surface area contributed by atoms with Gasteiger partial charge in [-0.3, -0.25) is 9.59 Å². The van der Waals surface area contributed by atoms with Crippen molar-refractivity contribution >= 4 is 17.4 Å². The van der Waals surface area contributed by atoms with Gasteiger partial charge in [0.15, 0.2) is 0 Å². The number of para-hydroxylation sites is 1. The molecular weight excluding hydrogens is 408 g/mol. The number of aliphatic hydroxyl groups excluding tert-OH is 1. The van der Waals surface area contributed by atoms with E-state index < -0.39 is 17.7 Å². The van der Waals surface area contributed by atoms with Gasteiger partial charge in [-0.1, -0.05) is 24.3 Å². The first-order valence-corrected chi connectivity index (χ1v) is 10.6.